The molecule has 0 radical (unpaired) electrons. The second-order valence-corrected chi connectivity index (χ2v) is 6.29. The summed E-state index contributed by atoms with van der Waals surface area (Å²) in [6.45, 7) is 7.35. The highest BCUT2D eigenvalue weighted by molar-refractivity contribution is 5.85. The Morgan fingerprint density at radius 2 is 1.95 bits per heavy atom. The summed E-state index contributed by atoms with van der Waals surface area (Å²) in [6, 6.07) is 8.41. The number of halogens is 1. The molecule has 2 aliphatic rings. The first kappa shape index (κ1) is 17.1. The molecule has 0 unspecified atom stereocenters. The van der Waals surface area contributed by atoms with Gasteiger partial charge >= 0.3 is 0 Å². The normalized spacial score (nSPS) is 19.1. The van der Waals surface area contributed by atoms with Crippen molar-refractivity contribution in [3.05, 3.63) is 29.8 Å². The highest BCUT2D eigenvalue weighted by atomic mass is 35.5. The van der Waals surface area contributed by atoms with E-state index in [4.69, 9.17) is 0 Å². The molecule has 1 N–H and O–H groups in total. The van der Waals surface area contributed by atoms with E-state index in [0.717, 1.165) is 51.5 Å². The molecule has 0 aliphatic carbocycles. The van der Waals surface area contributed by atoms with Gasteiger partial charge in [-0.1, -0.05) is 25.1 Å². The summed E-state index contributed by atoms with van der Waals surface area (Å²) < 4.78 is 0. The van der Waals surface area contributed by atoms with Crippen LogP contribution < -0.4 is 10.2 Å². The molecule has 1 aromatic rings. The zero-order chi connectivity index (χ0) is 14.7. The molecule has 1 fully saturated rings. The summed E-state index contributed by atoms with van der Waals surface area (Å²) in [5.74, 6) is 1.04. The second kappa shape index (κ2) is 7.84. The lowest BCUT2D eigenvalue weighted by Gasteiger charge is -2.33. The van der Waals surface area contributed by atoms with Crippen LogP contribution in [0.25, 0.3) is 0 Å². The van der Waals surface area contributed by atoms with E-state index in [-0.39, 0.29) is 18.3 Å². The Morgan fingerprint density at radius 1 is 1.23 bits per heavy atom. The summed E-state index contributed by atoms with van der Waals surface area (Å²) in [5, 5.41) is 3.43. The predicted molar refractivity (Wildman–Crippen MR) is 92.6 cm³/mol. The van der Waals surface area contributed by atoms with Gasteiger partial charge in [0.25, 0.3) is 0 Å². The van der Waals surface area contributed by atoms with Crippen LogP contribution in [0.1, 0.15) is 25.3 Å². The molecule has 22 heavy (non-hydrogen) atoms. The van der Waals surface area contributed by atoms with E-state index in [1.165, 1.54) is 11.3 Å². The number of benzene rings is 1. The third-order valence-corrected chi connectivity index (χ3v) is 4.67. The summed E-state index contributed by atoms with van der Waals surface area (Å²) >= 11 is 0. The standard InChI is InChI=1S/C17H25N3O.ClH/c1-14-6-9-19(10-7-14)17(21)13-20-11-8-18-12-15-4-2-3-5-16(15)20;/h2-5,14,18H,6-13H2,1H3;1H. The number of nitrogens with one attached hydrogen (secondary N) is 1. The Kier molecular flexibility index (Phi) is 6.09. The number of carbonyl (C=O) groups is 1. The number of para-hydroxylation sites is 1. The molecule has 122 valence electrons. The maximum atomic E-state index is 12.6. The molecule has 1 saturated heterocycles. The largest absolute Gasteiger partial charge is 0.361 e. The number of amides is 1. The zero-order valence-electron chi connectivity index (χ0n) is 13.3. The lowest BCUT2D eigenvalue weighted by Crippen LogP contribution is -2.44. The van der Waals surface area contributed by atoms with E-state index in [2.05, 4.69) is 41.4 Å². The minimum absolute atomic E-state index is 0. The maximum absolute atomic E-state index is 12.6. The zero-order valence-corrected chi connectivity index (χ0v) is 14.1. The van der Waals surface area contributed by atoms with Crippen molar-refractivity contribution in [3.8, 4) is 0 Å². The van der Waals surface area contributed by atoms with Gasteiger partial charge in [0.1, 0.15) is 0 Å². The van der Waals surface area contributed by atoms with Gasteiger partial charge in [-0.3, -0.25) is 4.79 Å². The summed E-state index contributed by atoms with van der Waals surface area (Å²) in [6.07, 6.45) is 2.29. The van der Waals surface area contributed by atoms with Gasteiger partial charge in [-0.2, -0.15) is 0 Å². The van der Waals surface area contributed by atoms with Crippen LogP contribution in [-0.4, -0.2) is 43.5 Å². The lowest BCUT2D eigenvalue weighted by atomic mass is 9.99. The molecule has 0 bridgehead atoms. The highest BCUT2D eigenvalue weighted by Gasteiger charge is 2.23. The Morgan fingerprint density at radius 3 is 2.73 bits per heavy atom. The molecule has 1 amide bonds. The number of hydrogen-bond acceptors (Lipinski definition) is 3. The summed E-state index contributed by atoms with van der Waals surface area (Å²) in [4.78, 5) is 16.8. The molecular weight excluding hydrogens is 298 g/mol. The third-order valence-electron chi connectivity index (χ3n) is 4.67. The van der Waals surface area contributed by atoms with Crippen LogP contribution in [-0.2, 0) is 11.3 Å². The molecule has 0 atom stereocenters. The van der Waals surface area contributed by atoms with Crippen LogP contribution in [0.2, 0.25) is 0 Å². The molecule has 5 heteroatoms. The predicted octanol–water partition coefficient (Wildman–Crippen LogP) is 2.28. The van der Waals surface area contributed by atoms with Crippen molar-refractivity contribution in [1.82, 2.24) is 10.2 Å². The van der Waals surface area contributed by atoms with Crippen LogP contribution in [0, 0.1) is 5.92 Å². The van der Waals surface area contributed by atoms with E-state index < -0.39 is 0 Å². The molecule has 0 aromatic heterocycles. The summed E-state index contributed by atoms with van der Waals surface area (Å²) in [5.41, 5.74) is 2.50. The van der Waals surface area contributed by atoms with Gasteiger partial charge < -0.3 is 15.1 Å². The van der Waals surface area contributed by atoms with Crippen molar-refractivity contribution in [1.29, 1.82) is 0 Å². The quantitative estimate of drug-likeness (QED) is 0.907. The third kappa shape index (κ3) is 3.93. The first-order valence-corrected chi connectivity index (χ1v) is 8.05. The average molecular weight is 324 g/mol. The van der Waals surface area contributed by atoms with Crippen molar-refractivity contribution in [2.24, 2.45) is 5.92 Å². The van der Waals surface area contributed by atoms with Crippen LogP contribution in [0.5, 0.6) is 0 Å². The van der Waals surface area contributed by atoms with Gasteiger partial charge in [0.15, 0.2) is 0 Å². The van der Waals surface area contributed by atoms with Crippen molar-refractivity contribution in [3.63, 3.8) is 0 Å². The van der Waals surface area contributed by atoms with Gasteiger partial charge in [0.2, 0.25) is 5.91 Å². The molecule has 0 saturated carbocycles. The van der Waals surface area contributed by atoms with Gasteiger partial charge in [-0.15, -0.1) is 12.4 Å². The number of carbonyl (C=O) groups excluding carboxylic acids is 1. The molecule has 0 spiro atoms. The monoisotopic (exact) mass is 323 g/mol. The topological polar surface area (TPSA) is 35.6 Å². The smallest absolute Gasteiger partial charge is 0.242 e. The van der Waals surface area contributed by atoms with E-state index >= 15 is 0 Å². The van der Waals surface area contributed by atoms with Crippen LogP contribution >= 0.6 is 12.4 Å². The fraction of sp³-hybridized carbons (Fsp3) is 0.588. The minimum Gasteiger partial charge on any atom is -0.361 e. The number of piperidine rings is 1. The Bertz CT molecular complexity index is 500. The number of nitrogens with zero attached hydrogens (tertiary/aromatic N) is 2. The minimum atomic E-state index is 0. The second-order valence-electron chi connectivity index (χ2n) is 6.29. The van der Waals surface area contributed by atoms with Crippen molar-refractivity contribution >= 4 is 24.0 Å². The molecule has 1 aromatic carbocycles. The van der Waals surface area contributed by atoms with Gasteiger partial charge in [0, 0.05) is 38.4 Å². The highest BCUT2D eigenvalue weighted by Crippen LogP contribution is 2.22. The van der Waals surface area contributed by atoms with E-state index in [0.29, 0.717) is 6.54 Å². The fourth-order valence-corrected chi connectivity index (χ4v) is 3.21. The van der Waals surface area contributed by atoms with Crippen LogP contribution in [0.4, 0.5) is 5.69 Å². The lowest BCUT2D eigenvalue weighted by molar-refractivity contribution is -0.131. The summed E-state index contributed by atoms with van der Waals surface area (Å²) in [7, 11) is 0. The van der Waals surface area contributed by atoms with Gasteiger partial charge in [-0.05, 0) is 30.4 Å². The number of hydrogen-bond donors (Lipinski definition) is 1. The number of likely N-dealkylation sites (tertiary alicyclic amines) is 1. The van der Waals surface area contributed by atoms with Crippen molar-refractivity contribution in [2.75, 3.05) is 37.6 Å². The van der Waals surface area contributed by atoms with Gasteiger partial charge in [0.05, 0.1) is 6.54 Å². The molecule has 2 aliphatic heterocycles. The number of anilines is 1. The Labute approximate surface area is 139 Å². The number of rotatable bonds is 2. The first-order chi connectivity index (χ1) is 10.2. The first-order valence-electron chi connectivity index (χ1n) is 8.05. The average Bonchev–Trinajstić information content (AvgIpc) is 2.71. The van der Waals surface area contributed by atoms with E-state index in [9.17, 15) is 4.79 Å². The van der Waals surface area contributed by atoms with Gasteiger partial charge in [-0.25, -0.2) is 0 Å². The van der Waals surface area contributed by atoms with Crippen molar-refractivity contribution < 1.29 is 4.79 Å². The Balaban J connectivity index is 0.00000176. The van der Waals surface area contributed by atoms with Crippen LogP contribution in [0.15, 0.2) is 24.3 Å². The SMILES string of the molecule is CC1CCN(C(=O)CN2CCNCc3ccccc32)CC1.Cl. The number of fused-ring (bicyclic) bond motifs is 1. The molecular formula is C17H26ClN3O. The fourth-order valence-electron chi connectivity index (χ4n) is 3.21. The molecule has 2 heterocycles. The van der Waals surface area contributed by atoms with Crippen molar-refractivity contribution in [2.45, 2.75) is 26.3 Å². The van der Waals surface area contributed by atoms with E-state index in [1.807, 2.05) is 4.90 Å². The molecule has 4 nitrogen and oxygen atoms in total. The van der Waals surface area contributed by atoms with Crippen LogP contribution in [0.3, 0.4) is 0 Å². The maximum Gasteiger partial charge on any atom is 0.242 e. The Hall–Kier alpha value is -1.26. The molecule has 3 rings (SSSR count). The van der Waals surface area contributed by atoms with E-state index in [1.54, 1.807) is 0 Å².